The van der Waals surface area contributed by atoms with Crippen LogP contribution in [0.3, 0.4) is 0 Å². The molecule has 4 rings (SSSR count). The predicted octanol–water partition coefficient (Wildman–Crippen LogP) is 4.00. The quantitative estimate of drug-likeness (QED) is 0.496. The number of rotatable bonds is 5. The van der Waals surface area contributed by atoms with Gasteiger partial charge in [-0.2, -0.15) is 5.26 Å². The number of anilines is 1. The molecule has 29 heavy (non-hydrogen) atoms. The molecule has 1 aromatic carbocycles. The van der Waals surface area contributed by atoms with E-state index in [0.717, 1.165) is 22.1 Å². The van der Waals surface area contributed by atoms with Crippen LogP contribution in [-0.2, 0) is 6.42 Å². The van der Waals surface area contributed by atoms with Crippen molar-refractivity contribution in [2.24, 2.45) is 0 Å². The molecular weight excluding hydrogens is 398 g/mol. The summed E-state index contributed by atoms with van der Waals surface area (Å²) < 4.78 is 15.6. The average molecular weight is 411 g/mol. The molecule has 0 saturated heterocycles. The highest BCUT2D eigenvalue weighted by Crippen LogP contribution is 2.37. The number of ether oxygens (including phenoxy) is 2. The molecule has 146 valence electrons. The Labute approximate surface area is 168 Å². The van der Waals surface area contributed by atoms with E-state index in [-0.39, 0.29) is 12.6 Å². The minimum atomic E-state index is -0.726. The van der Waals surface area contributed by atoms with E-state index in [2.05, 4.69) is 11.4 Å². The molecule has 0 atom stereocenters. The molecule has 3 aromatic rings. The van der Waals surface area contributed by atoms with Gasteiger partial charge in [-0.15, -0.1) is 11.3 Å². The van der Waals surface area contributed by atoms with Gasteiger partial charge in [-0.3, -0.25) is 14.9 Å². The number of amides is 1. The monoisotopic (exact) mass is 411 g/mol. The van der Waals surface area contributed by atoms with Crippen molar-refractivity contribution in [2.45, 2.75) is 13.3 Å². The second-order valence-electron chi connectivity index (χ2n) is 6.18. The molecule has 9 nitrogen and oxygen atoms in total. The highest BCUT2D eigenvalue weighted by molar-refractivity contribution is 7.16. The predicted molar refractivity (Wildman–Crippen MR) is 102 cm³/mol. The van der Waals surface area contributed by atoms with Gasteiger partial charge in [0, 0.05) is 11.3 Å². The van der Waals surface area contributed by atoms with Crippen LogP contribution >= 0.6 is 11.3 Å². The van der Waals surface area contributed by atoms with E-state index < -0.39 is 16.7 Å². The molecule has 1 N–H and O–H groups in total. The number of nitriles is 1. The minimum absolute atomic E-state index is 0.191. The highest BCUT2D eigenvalue weighted by atomic mass is 32.1. The standard InChI is InChI=1S/C19H13N3O6S/c1-10-12(8-20)19(21-18(23)14-4-5-17(28-14)22(24)25)29-16(10)7-11-2-3-13-15(6-11)27-9-26-13/h2-6H,7,9H2,1H3,(H,21,23). The second-order valence-corrected chi connectivity index (χ2v) is 7.28. The summed E-state index contributed by atoms with van der Waals surface area (Å²) in [6, 6.07) is 10.1. The average Bonchev–Trinajstić information content (AvgIpc) is 3.41. The highest BCUT2D eigenvalue weighted by Gasteiger charge is 2.22. The molecular formula is C19H13N3O6S. The zero-order chi connectivity index (χ0) is 20.5. The lowest BCUT2D eigenvalue weighted by atomic mass is 10.1. The van der Waals surface area contributed by atoms with Crippen molar-refractivity contribution in [1.29, 1.82) is 5.26 Å². The molecule has 0 aliphatic carbocycles. The zero-order valence-corrected chi connectivity index (χ0v) is 15.9. The summed E-state index contributed by atoms with van der Waals surface area (Å²) in [5.41, 5.74) is 2.08. The van der Waals surface area contributed by atoms with Crippen molar-refractivity contribution in [1.82, 2.24) is 0 Å². The molecule has 0 saturated carbocycles. The molecule has 0 bridgehead atoms. The SMILES string of the molecule is Cc1c(Cc2ccc3c(c2)OCO3)sc(NC(=O)c2ccc([N+](=O)[O-])o2)c1C#N. The van der Waals surface area contributed by atoms with Crippen LogP contribution in [0.25, 0.3) is 0 Å². The van der Waals surface area contributed by atoms with Crippen LogP contribution in [0.15, 0.2) is 34.7 Å². The topological polar surface area (TPSA) is 128 Å². The number of benzene rings is 1. The number of carbonyl (C=O) groups excluding carboxylic acids is 1. The van der Waals surface area contributed by atoms with Crippen molar-refractivity contribution >= 4 is 28.1 Å². The van der Waals surface area contributed by atoms with Crippen LogP contribution in [0.1, 0.15) is 32.1 Å². The Bertz CT molecular complexity index is 1170. The van der Waals surface area contributed by atoms with Crippen molar-refractivity contribution in [3.05, 3.63) is 67.8 Å². The molecule has 2 aromatic heterocycles. The fourth-order valence-electron chi connectivity index (χ4n) is 2.90. The summed E-state index contributed by atoms with van der Waals surface area (Å²) in [5.74, 6) is -0.0315. The van der Waals surface area contributed by atoms with E-state index in [1.54, 1.807) is 0 Å². The van der Waals surface area contributed by atoms with Gasteiger partial charge in [0.1, 0.15) is 16.0 Å². The number of nitro groups is 1. The number of thiophene rings is 1. The van der Waals surface area contributed by atoms with E-state index in [1.165, 1.54) is 17.4 Å². The number of hydrogen-bond acceptors (Lipinski definition) is 8. The number of carbonyl (C=O) groups is 1. The number of nitrogens with zero attached hydrogens (tertiary/aromatic N) is 2. The number of hydrogen-bond donors (Lipinski definition) is 1. The molecule has 3 heterocycles. The number of fused-ring (bicyclic) bond motifs is 1. The molecule has 0 spiro atoms. The summed E-state index contributed by atoms with van der Waals surface area (Å²) in [5, 5.41) is 23.2. The van der Waals surface area contributed by atoms with Gasteiger partial charge in [-0.25, -0.2) is 0 Å². The first-order chi connectivity index (χ1) is 14.0. The van der Waals surface area contributed by atoms with Gasteiger partial charge in [0.15, 0.2) is 17.3 Å². The van der Waals surface area contributed by atoms with E-state index in [0.29, 0.717) is 28.5 Å². The van der Waals surface area contributed by atoms with Crippen LogP contribution in [0, 0.1) is 28.4 Å². The lowest BCUT2D eigenvalue weighted by molar-refractivity contribution is -0.402. The Balaban J connectivity index is 1.57. The van der Waals surface area contributed by atoms with Gasteiger partial charge in [0.2, 0.25) is 6.79 Å². The van der Waals surface area contributed by atoms with Crippen molar-refractivity contribution in [3.8, 4) is 17.6 Å². The normalized spacial score (nSPS) is 11.9. The Kier molecular flexibility index (Phi) is 4.66. The van der Waals surface area contributed by atoms with Gasteiger partial charge < -0.3 is 19.2 Å². The van der Waals surface area contributed by atoms with E-state index in [4.69, 9.17) is 13.9 Å². The summed E-state index contributed by atoms with van der Waals surface area (Å²) in [7, 11) is 0. The zero-order valence-electron chi connectivity index (χ0n) is 15.1. The van der Waals surface area contributed by atoms with Gasteiger partial charge in [-0.1, -0.05) is 6.07 Å². The molecule has 0 radical (unpaired) electrons. The molecule has 1 aliphatic rings. The van der Waals surface area contributed by atoms with Crippen LogP contribution < -0.4 is 14.8 Å². The lowest BCUT2D eigenvalue weighted by Gasteiger charge is -2.02. The van der Waals surface area contributed by atoms with Crippen molar-refractivity contribution < 1.29 is 23.6 Å². The third-order valence-corrected chi connectivity index (χ3v) is 5.59. The summed E-state index contributed by atoms with van der Waals surface area (Å²) in [6.07, 6.45) is 0.546. The molecule has 10 heteroatoms. The smallest absolute Gasteiger partial charge is 0.433 e. The van der Waals surface area contributed by atoms with Gasteiger partial charge in [0.05, 0.1) is 11.6 Å². The maximum atomic E-state index is 12.4. The Morgan fingerprint density at radius 3 is 2.83 bits per heavy atom. The maximum Gasteiger partial charge on any atom is 0.433 e. The fourth-order valence-corrected chi connectivity index (χ4v) is 4.09. The lowest BCUT2D eigenvalue weighted by Crippen LogP contribution is -2.10. The minimum Gasteiger partial charge on any atom is -0.454 e. The van der Waals surface area contributed by atoms with Crippen LogP contribution in [0.2, 0.25) is 0 Å². The largest absolute Gasteiger partial charge is 0.454 e. The van der Waals surface area contributed by atoms with Crippen LogP contribution in [-0.4, -0.2) is 17.6 Å². The van der Waals surface area contributed by atoms with E-state index in [9.17, 15) is 20.2 Å². The number of furan rings is 1. The molecule has 0 unspecified atom stereocenters. The van der Waals surface area contributed by atoms with Crippen LogP contribution in [0.4, 0.5) is 10.9 Å². The molecule has 1 aliphatic heterocycles. The van der Waals surface area contributed by atoms with E-state index in [1.807, 2.05) is 25.1 Å². The Morgan fingerprint density at radius 1 is 1.31 bits per heavy atom. The first kappa shape index (κ1) is 18.5. The second kappa shape index (κ2) is 7.29. The summed E-state index contributed by atoms with van der Waals surface area (Å²) in [4.78, 5) is 23.3. The molecule has 0 fully saturated rings. The van der Waals surface area contributed by atoms with Gasteiger partial charge in [-0.05, 0) is 36.2 Å². The van der Waals surface area contributed by atoms with E-state index >= 15 is 0 Å². The summed E-state index contributed by atoms with van der Waals surface area (Å²) in [6.45, 7) is 2.00. The van der Waals surface area contributed by atoms with Crippen LogP contribution in [0.5, 0.6) is 11.5 Å². The molecule has 1 amide bonds. The third-order valence-electron chi connectivity index (χ3n) is 4.38. The van der Waals surface area contributed by atoms with Crippen molar-refractivity contribution in [3.63, 3.8) is 0 Å². The fraction of sp³-hybridized carbons (Fsp3) is 0.158. The summed E-state index contributed by atoms with van der Waals surface area (Å²) >= 11 is 1.27. The van der Waals surface area contributed by atoms with Gasteiger partial charge >= 0.3 is 5.88 Å². The number of nitrogens with one attached hydrogen (secondary N) is 1. The van der Waals surface area contributed by atoms with Crippen molar-refractivity contribution in [2.75, 3.05) is 12.1 Å². The Hall–Kier alpha value is -3.84. The third kappa shape index (κ3) is 3.51. The maximum absolute atomic E-state index is 12.4. The Morgan fingerprint density at radius 2 is 2.10 bits per heavy atom. The van der Waals surface area contributed by atoms with Gasteiger partial charge in [0.25, 0.3) is 5.91 Å². The first-order valence-electron chi connectivity index (χ1n) is 8.42. The first-order valence-corrected chi connectivity index (χ1v) is 9.24.